The Balaban J connectivity index is 2.04. The number of carbonyl (C=O) groups is 1. The Morgan fingerprint density at radius 2 is 1.65 bits per heavy atom. The van der Waals surface area contributed by atoms with E-state index in [0.29, 0.717) is 5.91 Å². The van der Waals surface area contributed by atoms with E-state index in [-0.39, 0.29) is 11.0 Å². The molecule has 0 radical (unpaired) electrons. The van der Waals surface area contributed by atoms with Gasteiger partial charge in [0.15, 0.2) is 0 Å². The normalized spacial score (nSPS) is 26.0. The number of alkyl halides is 1. The molecule has 0 atom stereocenters. The molecule has 0 unspecified atom stereocenters. The van der Waals surface area contributed by atoms with E-state index in [1.54, 1.807) is 0 Å². The number of amides is 1. The van der Waals surface area contributed by atoms with Crippen molar-refractivity contribution in [3.05, 3.63) is 0 Å². The summed E-state index contributed by atoms with van der Waals surface area (Å²) in [4.78, 5) is 12.6. The van der Waals surface area contributed by atoms with Crippen LogP contribution in [-0.2, 0) is 4.79 Å². The number of nitrogens with one attached hydrogen (secondary N) is 1. The van der Waals surface area contributed by atoms with Gasteiger partial charge in [-0.2, -0.15) is 0 Å². The second-order valence-electron chi connectivity index (χ2n) is 5.92. The third kappa shape index (κ3) is 2.54. The van der Waals surface area contributed by atoms with Crippen LogP contribution in [0.25, 0.3) is 0 Å². The first-order valence-corrected chi connectivity index (χ1v) is 8.17. The fourth-order valence-corrected chi connectivity index (χ4v) is 4.21. The average molecular weight is 302 g/mol. The molecular formula is C14H24BrNO. The first kappa shape index (κ1) is 13.4. The largest absolute Gasteiger partial charge is 0.349 e. The Morgan fingerprint density at radius 3 is 2.12 bits per heavy atom. The van der Waals surface area contributed by atoms with Crippen molar-refractivity contribution >= 4 is 21.8 Å². The zero-order valence-corrected chi connectivity index (χ0v) is 12.4. The van der Waals surface area contributed by atoms with Gasteiger partial charge in [0, 0.05) is 16.3 Å². The van der Waals surface area contributed by atoms with E-state index in [4.69, 9.17) is 0 Å². The molecule has 17 heavy (non-hydrogen) atoms. The van der Waals surface area contributed by atoms with Crippen LogP contribution >= 0.6 is 15.9 Å². The SMILES string of the molecule is CCC1(C(=O)NC2(CBr)CCCC2)CCCC1. The third-order valence-electron chi connectivity index (χ3n) is 4.91. The van der Waals surface area contributed by atoms with Crippen molar-refractivity contribution in [1.82, 2.24) is 5.32 Å². The summed E-state index contributed by atoms with van der Waals surface area (Å²) in [6.45, 7) is 2.17. The van der Waals surface area contributed by atoms with Crippen LogP contribution in [0.1, 0.15) is 64.7 Å². The highest BCUT2D eigenvalue weighted by molar-refractivity contribution is 9.09. The lowest BCUT2D eigenvalue weighted by Gasteiger charge is -2.34. The zero-order chi connectivity index (χ0) is 12.4. The van der Waals surface area contributed by atoms with Gasteiger partial charge in [0.25, 0.3) is 0 Å². The van der Waals surface area contributed by atoms with Gasteiger partial charge in [-0.25, -0.2) is 0 Å². The number of hydrogen-bond donors (Lipinski definition) is 1. The van der Waals surface area contributed by atoms with E-state index in [1.165, 1.54) is 25.7 Å². The van der Waals surface area contributed by atoms with Crippen LogP contribution in [0.2, 0.25) is 0 Å². The molecule has 1 N–H and O–H groups in total. The number of rotatable bonds is 4. The monoisotopic (exact) mass is 301 g/mol. The van der Waals surface area contributed by atoms with Crippen molar-refractivity contribution in [2.45, 2.75) is 70.3 Å². The second-order valence-corrected chi connectivity index (χ2v) is 6.48. The maximum Gasteiger partial charge on any atom is 0.226 e. The Bertz CT molecular complexity index is 278. The smallest absolute Gasteiger partial charge is 0.226 e. The lowest BCUT2D eigenvalue weighted by Crippen LogP contribution is -2.52. The molecule has 0 bridgehead atoms. The summed E-state index contributed by atoms with van der Waals surface area (Å²) in [6.07, 6.45) is 10.4. The maximum absolute atomic E-state index is 12.6. The topological polar surface area (TPSA) is 29.1 Å². The lowest BCUT2D eigenvalue weighted by molar-refractivity contribution is -0.132. The Hall–Kier alpha value is -0.0500. The minimum atomic E-state index is -0.0439. The molecular weight excluding hydrogens is 278 g/mol. The van der Waals surface area contributed by atoms with Crippen LogP contribution in [0.3, 0.4) is 0 Å². The first-order chi connectivity index (χ1) is 8.16. The highest BCUT2D eigenvalue weighted by Gasteiger charge is 2.43. The molecule has 2 rings (SSSR count). The molecule has 2 nitrogen and oxygen atoms in total. The number of halogens is 1. The lowest BCUT2D eigenvalue weighted by atomic mass is 9.81. The zero-order valence-electron chi connectivity index (χ0n) is 10.9. The van der Waals surface area contributed by atoms with Gasteiger partial charge in [-0.3, -0.25) is 4.79 Å². The quantitative estimate of drug-likeness (QED) is 0.787. The number of carbonyl (C=O) groups excluding carboxylic acids is 1. The van der Waals surface area contributed by atoms with E-state index in [9.17, 15) is 4.79 Å². The van der Waals surface area contributed by atoms with Gasteiger partial charge in [-0.15, -0.1) is 0 Å². The van der Waals surface area contributed by atoms with Crippen molar-refractivity contribution in [1.29, 1.82) is 0 Å². The standard InChI is InChI=1S/C14H24BrNO/c1-2-13(7-3-4-8-13)12(17)16-14(11-15)9-5-6-10-14/h2-11H2,1H3,(H,16,17). The molecule has 0 aromatic heterocycles. The average Bonchev–Trinajstić information content (AvgIpc) is 2.98. The molecule has 2 aliphatic rings. The van der Waals surface area contributed by atoms with Gasteiger partial charge < -0.3 is 5.32 Å². The van der Waals surface area contributed by atoms with Crippen molar-refractivity contribution in [3.8, 4) is 0 Å². The van der Waals surface area contributed by atoms with E-state index in [0.717, 1.165) is 37.4 Å². The molecule has 2 fully saturated rings. The van der Waals surface area contributed by atoms with Gasteiger partial charge in [0.1, 0.15) is 0 Å². The van der Waals surface area contributed by atoms with Crippen molar-refractivity contribution < 1.29 is 4.79 Å². The molecule has 0 saturated heterocycles. The fourth-order valence-electron chi connectivity index (χ4n) is 3.51. The van der Waals surface area contributed by atoms with Gasteiger partial charge in [0.2, 0.25) is 5.91 Å². The summed E-state index contributed by atoms with van der Waals surface area (Å²) in [7, 11) is 0. The third-order valence-corrected chi connectivity index (χ3v) is 5.99. The summed E-state index contributed by atoms with van der Waals surface area (Å²) in [5.41, 5.74) is 0.0135. The molecule has 2 saturated carbocycles. The van der Waals surface area contributed by atoms with Crippen LogP contribution < -0.4 is 5.32 Å². The van der Waals surface area contributed by atoms with Gasteiger partial charge >= 0.3 is 0 Å². The Morgan fingerprint density at radius 1 is 1.12 bits per heavy atom. The summed E-state index contributed by atoms with van der Waals surface area (Å²) >= 11 is 3.60. The molecule has 1 amide bonds. The summed E-state index contributed by atoms with van der Waals surface area (Å²) in [5.74, 6) is 0.332. The predicted molar refractivity (Wildman–Crippen MR) is 74.3 cm³/mol. The van der Waals surface area contributed by atoms with E-state index in [2.05, 4.69) is 28.2 Å². The fraction of sp³-hybridized carbons (Fsp3) is 0.929. The van der Waals surface area contributed by atoms with Gasteiger partial charge in [0.05, 0.1) is 0 Å². The summed E-state index contributed by atoms with van der Waals surface area (Å²) < 4.78 is 0. The minimum Gasteiger partial charge on any atom is -0.349 e. The Kier molecular flexibility index (Phi) is 4.17. The van der Waals surface area contributed by atoms with Crippen LogP contribution in [0.4, 0.5) is 0 Å². The van der Waals surface area contributed by atoms with E-state index < -0.39 is 0 Å². The van der Waals surface area contributed by atoms with Crippen LogP contribution in [0.5, 0.6) is 0 Å². The molecule has 0 spiro atoms. The van der Waals surface area contributed by atoms with E-state index >= 15 is 0 Å². The molecule has 0 aromatic carbocycles. The maximum atomic E-state index is 12.6. The molecule has 0 aromatic rings. The highest BCUT2D eigenvalue weighted by Crippen LogP contribution is 2.42. The summed E-state index contributed by atoms with van der Waals surface area (Å²) in [6, 6.07) is 0. The molecule has 0 aliphatic heterocycles. The second kappa shape index (κ2) is 5.29. The van der Waals surface area contributed by atoms with Crippen molar-refractivity contribution in [2.24, 2.45) is 5.41 Å². The Labute approximate surface area is 113 Å². The van der Waals surface area contributed by atoms with E-state index in [1.807, 2.05) is 0 Å². The van der Waals surface area contributed by atoms with Crippen LogP contribution in [-0.4, -0.2) is 16.8 Å². The molecule has 3 heteroatoms. The minimum absolute atomic E-state index is 0.0439. The van der Waals surface area contributed by atoms with Crippen molar-refractivity contribution in [2.75, 3.05) is 5.33 Å². The van der Waals surface area contributed by atoms with Crippen LogP contribution in [0, 0.1) is 5.41 Å². The molecule has 98 valence electrons. The van der Waals surface area contributed by atoms with Crippen molar-refractivity contribution in [3.63, 3.8) is 0 Å². The first-order valence-electron chi connectivity index (χ1n) is 7.05. The van der Waals surface area contributed by atoms with Gasteiger partial charge in [-0.1, -0.05) is 48.5 Å². The molecule has 0 heterocycles. The predicted octanol–water partition coefficient (Wildman–Crippen LogP) is 3.78. The van der Waals surface area contributed by atoms with Gasteiger partial charge in [-0.05, 0) is 32.1 Å². The van der Waals surface area contributed by atoms with Crippen LogP contribution in [0.15, 0.2) is 0 Å². The molecule has 2 aliphatic carbocycles. The number of hydrogen-bond acceptors (Lipinski definition) is 1. The summed E-state index contributed by atoms with van der Waals surface area (Å²) in [5, 5.41) is 4.30. The highest BCUT2D eigenvalue weighted by atomic mass is 79.9.